The van der Waals surface area contributed by atoms with Gasteiger partial charge in [0, 0.05) is 25.2 Å². The van der Waals surface area contributed by atoms with Gasteiger partial charge in [-0.25, -0.2) is 0 Å². The summed E-state index contributed by atoms with van der Waals surface area (Å²) in [5.74, 6) is 1.24. The van der Waals surface area contributed by atoms with Crippen molar-refractivity contribution in [2.24, 2.45) is 0 Å². The van der Waals surface area contributed by atoms with Crippen molar-refractivity contribution in [3.05, 3.63) is 53.7 Å². The molecule has 2 N–H and O–H groups in total. The predicted octanol–water partition coefficient (Wildman–Crippen LogP) is 2.27. The molecule has 1 unspecified atom stereocenters. The van der Waals surface area contributed by atoms with Crippen LogP contribution in [0.4, 0.5) is 0 Å². The second-order valence-corrected chi connectivity index (χ2v) is 6.57. The molecule has 1 saturated heterocycles. The van der Waals surface area contributed by atoms with Crippen molar-refractivity contribution >= 4 is 11.8 Å². The van der Waals surface area contributed by atoms with Crippen LogP contribution in [0.1, 0.15) is 42.8 Å². The third-order valence-electron chi connectivity index (χ3n) is 4.52. The maximum Gasteiger partial charge on any atom is 0.246 e. The minimum Gasteiger partial charge on any atom is -0.465 e. The zero-order chi connectivity index (χ0) is 17.7. The lowest BCUT2D eigenvalue weighted by molar-refractivity contribution is -0.133. The Labute approximate surface area is 147 Å². The van der Waals surface area contributed by atoms with Gasteiger partial charge in [0.15, 0.2) is 0 Å². The number of rotatable bonds is 5. The van der Waals surface area contributed by atoms with Gasteiger partial charge in [-0.2, -0.15) is 0 Å². The lowest BCUT2D eigenvalue weighted by Crippen LogP contribution is -2.59. The Morgan fingerprint density at radius 2 is 2.24 bits per heavy atom. The van der Waals surface area contributed by atoms with Crippen molar-refractivity contribution in [2.45, 2.75) is 51.1 Å². The predicted molar refractivity (Wildman–Crippen MR) is 92.6 cm³/mol. The quantitative estimate of drug-likeness (QED) is 0.874. The third-order valence-corrected chi connectivity index (χ3v) is 4.52. The summed E-state index contributed by atoms with van der Waals surface area (Å²) in [6.07, 6.45) is 6.55. The van der Waals surface area contributed by atoms with Gasteiger partial charge in [0.2, 0.25) is 11.8 Å². The summed E-state index contributed by atoms with van der Waals surface area (Å²) in [6, 6.07) is 7.47. The molecule has 1 fully saturated rings. The number of carbonyl (C=O) groups excluding carboxylic acids is 2. The molecule has 1 aliphatic heterocycles. The van der Waals surface area contributed by atoms with Crippen LogP contribution in [0, 0.1) is 6.92 Å². The molecule has 0 saturated carbocycles. The number of nitrogens with zero attached hydrogens (tertiary/aromatic N) is 1. The summed E-state index contributed by atoms with van der Waals surface area (Å²) in [7, 11) is 0. The molecule has 0 aliphatic carbocycles. The van der Waals surface area contributed by atoms with Crippen molar-refractivity contribution in [1.29, 1.82) is 0 Å². The van der Waals surface area contributed by atoms with E-state index in [1.165, 1.54) is 0 Å². The van der Waals surface area contributed by atoms with Crippen LogP contribution in [0.15, 0.2) is 41.1 Å². The van der Waals surface area contributed by atoms with E-state index in [0.29, 0.717) is 31.6 Å². The Balaban J connectivity index is 1.79. The van der Waals surface area contributed by atoms with Gasteiger partial charge in [-0.1, -0.05) is 12.5 Å². The van der Waals surface area contributed by atoms with Crippen molar-refractivity contribution in [2.75, 3.05) is 0 Å². The number of furan rings is 1. The minimum absolute atomic E-state index is 0.0783. The third kappa shape index (κ3) is 4.26. The lowest BCUT2D eigenvalue weighted by Gasteiger charge is -2.32. The molecule has 1 atom stereocenters. The van der Waals surface area contributed by atoms with Crippen LogP contribution in [0.2, 0.25) is 0 Å². The fourth-order valence-corrected chi connectivity index (χ4v) is 3.26. The number of amides is 2. The molecule has 6 heteroatoms. The SMILES string of the molecule is Cc1ccc(CNC(=O)C2(Cc3cccnc3)CCCCC(=O)N2)o1. The van der Waals surface area contributed by atoms with Gasteiger partial charge in [0.25, 0.3) is 0 Å². The first-order valence-corrected chi connectivity index (χ1v) is 8.61. The zero-order valence-corrected chi connectivity index (χ0v) is 14.4. The number of aromatic nitrogens is 1. The maximum atomic E-state index is 13.0. The van der Waals surface area contributed by atoms with Crippen molar-refractivity contribution in [3.63, 3.8) is 0 Å². The van der Waals surface area contributed by atoms with Crippen molar-refractivity contribution in [3.8, 4) is 0 Å². The van der Waals surface area contributed by atoms with E-state index in [1.54, 1.807) is 12.4 Å². The first-order valence-electron chi connectivity index (χ1n) is 8.61. The highest BCUT2D eigenvalue weighted by molar-refractivity contribution is 5.92. The largest absolute Gasteiger partial charge is 0.465 e. The molecule has 3 rings (SSSR count). The molecule has 25 heavy (non-hydrogen) atoms. The van der Waals surface area contributed by atoms with Crippen molar-refractivity contribution < 1.29 is 14.0 Å². The topological polar surface area (TPSA) is 84.2 Å². The summed E-state index contributed by atoms with van der Waals surface area (Å²) < 4.78 is 5.51. The maximum absolute atomic E-state index is 13.0. The van der Waals surface area contributed by atoms with Crippen LogP contribution >= 0.6 is 0 Å². The van der Waals surface area contributed by atoms with Gasteiger partial charge in [-0.3, -0.25) is 14.6 Å². The molecular formula is C19H23N3O3. The van der Waals surface area contributed by atoms with E-state index in [-0.39, 0.29) is 11.8 Å². The summed E-state index contributed by atoms with van der Waals surface area (Å²) in [6.45, 7) is 2.16. The molecule has 2 aromatic heterocycles. The Kier molecular flexibility index (Phi) is 5.16. The molecule has 132 valence electrons. The highest BCUT2D eigenvalue weighted by atomic mass is 16.3. The van der Waals surface area contributed by atoms with E-state index >= 15 is 0 Å². The van der Waals surface area contributed by atoms with Gasteiger partial charge in [0.05, 0.1) is 6.54 Å². The normalized spacial score (nSPS) is 20.6. The number of hydrogen-bond acceptors (Lipinski definition) is 4. The molecule has 0 radical (unpaired) electrons. The van der Waals surface area contributed by atoms with Gasteiger partial charge in [0.1, 0.15) is 17.1 Å². The van der Waals surface area contributed by atoms with Gasteiger partial charge in [-0.15, -0.1) is 0 Å². The fraction of sp³-hybridized carbons (Fsp3) is 0.421. The highest BCUT2D eigenvalue weighted by Crippen LogP contribution is 2.24. The number of carbonyl (C=O) groups is 2. The number of nitrogens with one attached hydrogen (secondary N) is 2. The molecule has 6 nitrogen and oxygen atoms in total. The zero-order valence-electron chi connectivity index (χ0n) is 14.4. The molecule has 3 heterocycles. The van der Waals surface area contributed by atoms with Crippen LogP contribution < -0.4 is 10.6 Å². The summed E-state index contributed by atoms with van der Waals surface area (Å²) in [5, 5.41) is 5.90. The minimum atomic E-state index is -0.946. The number of hydrogen-bond donors (Lipinski definition) is 2. The monoisotopic (exact) mass is 341 g/mol. The molecular weight excluding hydrogens is 318 g/mol. The fourth-order valence-electron chi connectivity index (χ4n) is 3.26. The standard InChI is InChI=1S/C19H23N3O3/c1-14-7-8-16(25-14)13-21-18(24)19(9-3-2-6-17(23)22-19)11-15-5-4-10-20-12-15/h4-5,7-8,10,12H,2-3,6,9,11,13H2,1H3,(H,21,24)(H,22,23). The summed E-state index contributed by atoms with van der Waals surface area (Å²) in [5.41, 5.74) is -0.0215. The van der Waals surface area contributed by atoms with Crippen LogP contribution in [0.25, 0.3) is 0 Å². The van der Waals surface area contributed by atoms with Crippen LogP contribution in [0.5, 0.6) is 0 Å². The van der Waals surface area contributed by atoms with E-state index < -0.39 is 5.54 Å². The average Bonchev–Trinajstić information content (AvgIpc) is 2.92. The molecule has 1 aliphatic rings. The molecule has 0 spiro atoms. The first kappa shape index (κ1) is 17.2. The molecule has 2 aromatic rings. The van der Waals surface area contributed by atoms with E-state index in [4.69, 9.17) is 4.42 Å². The Morgan fingerprint density at radius 3 is 2.96 bits per heavy atom. The molecule has 0 bridgehead atoms. The van der Waals surface area contributed by atoms with E-state index in [1.807, 2.05) is 31.2 Å². The van der Waals surface area contributed by atoms with Gasteiger partial charge < -0.3 is 15.1 Å². The Bertz CT molecular complexity index is 741. The Morgan fingerprint density at radius 1 is 1.36 bits per heavy atom. The van der Waals surface area contributed by atoms with E-state index in [0.717, 1.165) is 24.2 Å². The lowest BCUT2D eigenvalue weighted by atomic mass is 9.86. The van der Waals surface area contributed by atoms with Crippen LogP contribution in [-0.4, -0.2) is 22.3 Å². The second-order valence-electron chi connectivity index (χ2n) is 6.57. The second kappa shape index (κ2) is 7.51. The number of pyridine rings is 1. The highest BCUT2D eigenvalue weighted by Gasteiger charge is 2.40. The van der Waals surface area contributed by atoms with Gasteiger partial charge in [-0.05, 0) is 43.5 Å². The van der Waals surface area contributed by atoms with Gasteiger partial charge >= 0.3 is 0 Å². The number of aryl methyl sites for hydroxylation is 1. The summed E-state index contributed by atoms with van der Waals surface area (Å²) >= 11 is 0. The van der Waals surface area contributed by atoms with Crippen LogP contribution in [-0.2, 0) is 22.6 Å². The smallest absolute Gasteiger partial charge is 0.246 e. The van der Waals surface area contributed by atoms with Crippen molar-refractivity contribution in [1.82, 2.24) is 15.6 Å². The van der Waals surface area contributed by atoms with E-state index in [2.05, 4.69) is 15.6 Å². The van der Waals surface area contributed by atoms with Crippen LogP contribution in [0.3, 0.4) is 0 Å². The summed E-state index contributed by atoms with van der Waals surface area (Å²) in [4.78, 5) is 29.3. The molecule has 0 aromatic carbocycles. The van der Waals surface area contributed by atoms with E-state index in [9.17, 15) is 9.59 Å². The first-order chi connectivity index (χ1) is 12.1. The molecule has 2 amide bonds. The Hall–Kier alpha value is -2.63. The average molecular weight is 341 g/mol.